The average Bonchev–Trinajstić information content (AvgIpc) is 2.72. The van der Waals surface area contributed by atoms with E-state index in [4.69, 9.17) is 4.74 Å². The van der Waals surface area contributed by atoms with Crippen LogP contribution in [-0.2, 0) is 19.6 Å². The number of amides is 1. The molecular weight excluding hydrogens is 392 g/mol. The molecule has 0 radical (unpaired) electrons. The fraction of sp³-hybridized carbons (Fsp3) is 0.333. The molecule has 0 spiro atoms. The molecule has 0 aliphatic carbocycles. The molecule has 0 aliphatic heterocycles. The molecule has 0 N–H and O–H groups in total. The normalized spacial score (nSPS) is 12.4. The zero-order chi connectivity index (χ0) is 21.6. The second kappa shape index (κ2) is 9.67. The Kier molecular flexibility index (Phi) is 7.53. The van der Waals surface area contributed by atoms with Gasteiger partial charge in [-0.05, 0) is 18.2 Å². The van der Waals surface area contributed by atoms with E-state index in [2.05, 4.69) is 0 Å². The largest absolute Gasteiger partial charge is 0.444 e. The van der Waals surface area contributed by atoms with E-state index in [9.17, 15) is 18.0 Å². The van der Waals surface area contributed by atoms with Crippen LogP contribution in [-0.4, -0.2) is 56.7 Å². The third-order valence-electron chi connectivity index (χ3n) is 4.41. The molecule has 29 heavy (non-hydrogen) atoms. The van der Waals surface area contributed by atoms with Gasteiger partial charge in [0.05, 0.1) is 10.5 Å². The first-order valence-electron chi connectivity index (χ1n) is 9.29. The van der Waals surface area contributed by atoms with Crippen molar-refractivity contribution < 1.29 is 22.7 Å². The summed E-state index contributed by atoms with van der Waals surface area (Å²) in [4.78, 5) is 26.6. The van der Waals surface area contributed by atoms with Gasteiger partial charge in [0.25, 0.3) is 5.91 Å². The van der Waals surface area contributed by atoms with Crippen LogP contribution < -0.4 is 0 Å². The van der Waals surface area contributed by atoms with Crippen molar-refractivity contribution >= 4 is 21.9 Å². The second-order valence-corrected chi connectivity index (χ2v) is 8.48. The van der Waals surface area contributed by atoms with E-state index < -0.39 is 28.0 Å². The van der Waals surface area contributed by atoms with Crippen LogP contribution in [0.1, 0.15) is 35.9 Å². The van der Waals surface area contributed by atoms with Crippen molar-refractivity contribution in [1.82, 2.24) is 9.21 Å². The molecule has 0 heterocycles. The lowest BCUT2D eigenvalue weighted by Crippen LogP contribution is -2.31. The second-order valence-electron chi connectivity index (χ2n) is 6.55. The number of esters is 1. The van der Waals surface area contributed by atoms with Crippen molar-refractivity contribution in [3.63, 3.8) is 0 Å². The number of benzene rings is 2. The van der Waals surface area contributed by atoms with Gasteiger partial charge in [-0.15, -0.1) is 0 Å². The van der Waals surface area contributed by atoms with Gasteiger partial charge < -0.3 is 9.64 Å². The maximum Gasteiger partial charge on any atom is 0.339 e. The number of rotatable bonds is 8. The van der Waals surface area contributed by atoms with Gasteiger partial charge >= 0.3 is 5.97 Å². The number of carbonyl (C=O) groups excluding carboxylic acids is 2. The Labute approximate surface area is 171 Å². The molecule has 156 valence electrons. The third kappa shape index (κ3) is 5.21. The Balaban J connectivity index is 2.35. The fourth-order valence-electron chi connectivity index (χ4n) is 2.79. The summed E-state index contributed by atoms with van der Waals surface area (Å²) in [6.07, 6.45) is -1.12. The van der Waals surface area contributed by atoms with E-state index >= 15 is 0 Å². The van der Waals surface area contributed by atoms with Crippen molar-refractivity contribution in [1.29, 1.82) is 0 Å². The van der Waals surface area contributed by atoms with Crippen LogP contribution in [0.15, 0.2) is 59.5 Å². The Morgan fingerprint density at radius 1 is 0.966 bits per heavy atom. The lowest BCUT2D eigenvalue weighted by atomic mass is 10.1. The summed E-state index contributed by atoms with van der Waals surface area (Å²) >= 11 is 0. The van der Waals surface area contributed by atoms with Crippen molar-refractivity contribution in [3.8, 4) is 0 Å². The van der Waals surface area contributed by atoms with Gasteiger partial charge in [-0.1, -0.05) is 50.2 Å². The Morgan fingerprint density at radius 2 is 1.59 bits per heavy atom. The molecule has 1 amide bonds. The topological polar surface area (TPSA) is 84.0 Å². The molecule has 8 heteroatoms. The Bertz CT molecular complexity index is 954. The maximum atomic E-state index is 12.7. The number of likely N-dealkylation sites (N-methyl/N-ethyl adjacent to an activating group) is 1. The molecule has 2 rings (SSSR count). The zero-order valence-corrected chi connectivity index (χ0v) is 17.8. The number of hydrogen-bond acceptors (Lipinski definition) is 5. The minimum absolute atomic E-state index is 0.00541. The van der Waals surface area contributed by atoms with Gasteiger partial charge in [0.15, 0.2) is 0 Å². The minimum atomic E-state index is -3.72. The van der Waals surface area contributed by atoms with Crippen LogP contribution in [0.25, 0.3) is 0 Å². The first kappa shape index (κ1) is 22.6. The molecule has 2 aromatic rings. The maximum absolute atomic E-state index is 12.7. The molecule has 1 atom stereocenters. The monoisotopic (exact) mass is 418 g/mol. The first-order valence-corrected chi connectivity index (χ1v) is 10.7. The summed E-state index contributed by atoms with van der Waals surface area (Å²) in [5.41, 5.74) is 0.595. The average molecular weight is 419 g/mol. The summed E-state index contributed by atoms with van der Waals surface area (Å²) in [5, 5.41) is 0. The lowest BCUT2D eigenvalue weighted by molar-refractivity contribution is -0.138. The molecular formula is C21H26N2O5S. The number of carbonyl (C=O) groups is 2. The highest BCUT2D eigenvalue weighted by molar-refractivity contribution is 7.89. The summed E-state index contributed by atoms with van der Waals surface area (Å²) in [6.45, 7) is 4.13. The van der Waals surface area contributed by atoms with E-state index in [0.717, 1.165) is 0 Å². The van der Waals surface area contributed by atoms with Crippen LogP contribution in [0.2, 0.25) is 0 Å². The zero-order valence-electron chi connectivity index (χ0n) is 17.0. The van der Waals surface area contributed by atoms with E-state index in [1.165, 1.54) is 33.5 Å². The molecule has 0 saturated heterocycles. The van der Waals surface area contributed by atoms with Crippen molar-refractivity contribution in [2.75, 3.05) is 27.2 Å². The number of hydrogen-bond donors (Lipinski definition) is 0. The quantitative estimate of drug-likeness (QED) is 0.616. The molecule has 0 aliphatic rings. The van der Waals surface area contributed by atoms with Crippen molar-refractivity contribution in [3.05, 3.63) is 65.7 Å². The summed E-state index contributed by atoms with van der Waals surface area (Å²) in [6, 6.07) is 14.3. The van der Waals surface area contributed by atoms with Gasteiger partial charge in [-0.2, -0.15) is 4.31 Å². The standard InChI is InChI=1S/C21H26N2O5S/c1-5-23(6-2)29(26,27)18-14-10-13-17(15-18)21(25)28-19(20(24)22(3)4)16-11-8-7-9-12-16/h7-15,19H,5-6H2,1-4H3. The molecule has 7 nitrogen and oxygen atoms in total. The van der Waals surface area contributed by atoms with Gasteiger partial charge in [0, 0.05) is 32.7 Å². The number of nitrogens with zero attached hydrogens (tertiary/aromatic N) is 2. The number of sulfonamides is 1. The lowest BCUT2D eigenvalue weighted by Gasteiger charge is -2.21. The minimum Gasteiger partial charge on any atom is -0.444 e. The van der Waals surface area contributed by atoms with E-state index in [1.807, 2.05) is 0 Å². The van der Waals surface area contributed by atoms with Crippen molar-refractivity contribution in [2.24, 2.45) is 0 Å². The summed E-state index contributed by atoms with van der Waals surface area (Å²) < 4.78 is 32.2. The molecule has 2 aromatic carbocycles. The highest BCUT2D eigenvalue weighted by atomic mass is 32.2. The molecule has 0 bridgehead atoms. The number of ether oxygens (including phenoxy) is 1. The van der Waals surface area contributed by atoms with Gasteiger partial charge in [-0.25, -0.2) is 13.2 Å². The first-order chi connectivity index (χ1) is 13.7. The van der Waals surface area contributed by atoms with E-state index in [0.29, 0.717) is 18.7 Å². The molecule has 1 unspecified atom stereocenters. The fourth-order valence-corrected chi connectivity index (χ4v) is 4.30. The van der Waals surface area contributed by atoms with E-state index in [1.54, 1.807) is 58.3 Å². The third-order valence-corrected chi connectivity index (χ3v) is 6.45. The highest BCUT2D eigenvalue weighted by Gasteiger charge is 2.28. The van der Waals surface area contributed by atoms with Crippen LogP contribution in [0.4, 0.5) is 0 Å². The SMILES string of the molecule is CCN(CC)S(=O)(=O)c1cccc(C(=O)OC(C(=O)N(C)C)c2ccccc2)c1. The Morgan fingerprint density at radius 3 is 2.14 bits per heavy atom. The predicted molar refractivity (Wildman–Crippen MR) is 110 cm³/mol. The van der Waals surface area contributed by atoms with Crippen LogP contribution in [0.5, 0.6) is 0 Å². The molecule has 0 saturated carbocycles. The molecule has 0 aromatic heterocycles. The highest BCUT2D eigenvalue weighted by Crippen LogP contribution is 2.23. The Hall–Kier alpha value is -2.71. The predicted octanol–water partition coefficient (Wildman–Crippen LogP) is 2.70. The van der Waals surface area contributed by atoms with Crippen LogP contribution in [0, 0.1) is 0 Å². The van der Waals surface area contributed by atoms with E-state index in [-0.39, 0.29) is 10.5 Å². The van der Waals surface area contributed by atoms with Crippen LogP contribution >= 0.6 is 0 Å². The van der Waals surface area contributed by atoms with Crippen LogP contribution in [0.3, 0.4) is 0 Å². The van der Waals surface area contributed by atoms with Gasteiger partial charge in [0.2, 0.25) is 16.1 Å². The van der Waals surface area contributed by atoms with Gasteiger partial charge in [0.1, 0.15) is 0 Å². The summed E-state index contributed by atoms with van der Waals surface area (Å²) in [5.74, 6) is -1.16. The van der Waals surface area contributed by atoms with Crippen molar-refractivity contribution in [2.45, 2.75) is 24.8 Å². The summed E-state index contributed by atoms with van der Waals surface area (Å²) in [7, 11) is -0.572. The van der Waals surface area contributed by atoms with Gasteiger partial charge in [-0.3, -0.25) is 4.79 Å². The molecule has 0 fully saturated rings. The smallest absolute Gasteiger partial charge is 0.339 e.